The minimum absolute atomic E-state index is 0.0280. The number of hydrogen-bond acceptors (Lipinski definition) is 6. The Hall–Kier alpha value is -3.43. The number of amides is 1. The van der Waals surface area contributed by atoms with Crippen molar-refractivity contribution in [3.8, 4) is 0 Å². The van der Waals surface area contributed by atoms with E-state index in [1.54, 1.807) is 30.5 Å². The van der Waals surface area contributed by atoms with E-state index in [0.29, 0.717) is 12.2 Å². The quantitative estimate of drug-likeness (QED) is 0.541. The van der Waals surface area contributed by atoms with Crippen molar-refractivity contribution in [2.75, 3.05) is 42.8 Å². The van der Waals surface area contributed by atoms with Gasteiger partial charge < -0.3 is 15.1 Å². The second kappa shape index (κ2) is 10.2. The third-order valence-electron chi connectivity index (χ3n) is 5.82. The van der Waals surface area contributed by atoms with Gasteiger partial charge in [-0.25, -0.2) is 13.4 Å². The number of sulfonamides is 1. The number of likely N-dealkylation sites (N-methyl/N-ethyl adjacent to an activating group) is 1. The monoisotopic (exact) mass is 479 g/mol. The fourth-order valence-corrected chi connectivity index (χ4v) is 4.89. The van der Waals surface area contributed by atoms with E-state index in [0.717, 1.165) is 43.1 Å². The number of carbonyl (C=O) groups is 1. The van der Waals surface area contributed by atoms with Crippen LogP contribution in [0.5, 0.6) is 0 Å². The van der Waals surface area contributed by atoms with E-state index in [1.807, 2.05) is 31.2 Å². The number of carbonyl (C=O) groups excluding carboxylic acids is 1. The molecule has 0 bridgehead atoms. The van der Waals surface area contributed by atoms with E-state index in [9.17, 15) is 13.2 Å². The first kappa shape index (κ1) is 23.7. The second-order valence-corrected chi connectivity index (χ2v) is 10.1. The molecule has 1 saturated heterocycles. The average Bonchev–Trinajstić information content (AvgIpc) is 2.85. The second-order valence-electron chi connectivity index (χ2n) is 8.46. The molecular weight excluding hydrogens is 450 g/mol. The predicted molar refractivity (Wildman–Crippen MR) is 134 cm³/mol. The van der Waals surface area contributed by atoms with E-state index in [4.69, 9.17) is 0 Å². The van der Waals surface area contributed by atoms with E-state index in [-0.39, 0.29) is 16.4 Å². The lowest BCUT2D eigenvalue weighted by atomic mass is 10.2. The maximum absolute atomic E-state index is 12.9. The van der Waals surface area contributed by atoms with Gasteiger partial charge in [0.25, 0.3) is 15.9 Å². The molecule has 0 unspecified atom stereocenters. The summed E-state index contributed by atoms with van der Waals surface area (Å²) < 4.78 is 28.2. The molecule has 2 N–H and O–H groups in total. The molecule has 1 aromatic heterocycles. The largest absolute Gasteiger partial charge is 0.354 e. The first-order valence-corrected chi connectivity index (χ1v) is 12.7. The zero-order chi connectivity index (χ0) is 24.1. The van der Waals surface area contributed by atoms with Crippen LogP contribution >= 0.6 is 0 Å². The zero-order valence-electron chi connectivity index (χ0n) is 19.4. The molecule has 0 spiro atoms. The Kier molecular flexibility index (Phi) is 7.14. The standard InChI is InChI=1S/C25H29N5O3S/c1-19-8-10-22(11-9-19)28-34(32,33)23-7-3-5-20(17-23)25(31)27-18-21-6-4-12-26-24(21)30-15-13-29(2)14-16-30/h3-12,17,28H,13-16,18H2,1-2H3,(H,27,31). The van der Waals surface area contributed by atoms with Gasteiger partial charge in [0.05, 0.1) is 4.90 Å². The van der Waals surface area contributed by atoms with Crippen LogP contribution in [0.25, 0.3) is 0 Å². The Morgan fingerprint density at radius 1 is 1.00 bits per heavy atom. The summed E-state index contributed by atoms with van der Waals surface area (Å²) in [6.45, 7) is 5.90. The minimum atomic E-state index is -3.83. The van der Waals surface area contributed by atoms with Crippen molar-refractivity contribution in [2.24, 2.45) is 0 Å². The number of pyridine rings is 1. The highest BCUT2D eigenvalue weighted by molar-refractivity contribution is 7.92. The summed E-state index contributed by atoms with van der Waals surface area (Å²) in [4.78, 5) is 21.9. The van der Waals surface area contributed by atoms with Gasteiger partial charge in [-0.05, 0) is 50.4 Å². The highest BCUT2D eigenvalue weighted by Crippen LogP contribution is 2.20. The molecule has 1 amide bonds. The van der Waals surface area contributed by atoms with Gasteiger partial charge in [0.1, 0.15) is 5.82 Å². The van der Waals surface area contributed by atoms with Crippen molar-refractivity contribution in [3.63, 3.8) is 0 Å². The normalized spacial score (nSPS) is 14.6. The van der Waals surface area contributed by atoms with Crippen molar-refractivity contribution in [1.82, 2.24) is 15.2 Å². The molecule has 178 valence electrons. The summed E-state index contributed by atoms with van der Waals surface area (Å²) >= 11 is 0. The van der Waals surface area contributed by atoms with Gasteiger partial charge in [-0.2, -0.15) is 0 Å². The van der Waals surface area contributed by atoms with Gasteiger partial charge in [0.2, 0.25) is 0 Å². The van der Waals surface area contributed by atoms with Gasteiger partial charge in [-0.1, -0.05) is 29.8 Å². The Bertz CT molecular complexity index is 1250. The van der Waals surface area contributed by atoms with E-state index >= 15 is 0 Å². The molecule has 2 heterocycles. The lowest BCUT2D eigenvalue weighted by molar-refractivity contribution is 0.0950. The number of nitrogens with zero attached hydrogens (tertiary/aromatic N) is 3. The van der Waals surface area contributed by atoms with Crippen molar-refractivity contribution in [1.29, 1.82) is 0 Å². The van der Waals surface area contributed by atoms with Crippen LogP contribution in [-0.2, 0) is 16.6 Å². The molecule has 2 aromatic carbocycles. The Balaban J connectivity index is 1.45. The number of nitrogens with one attached hydrogen (secondary N) is 2. The van der Waals surface area contributed by atoms with Crippen LogP contribution in [0.2, 0.25) is 0 Å². The lowest BCUT2D eigenvalue weighted by Gasteiger charge is -2.34. The Morgan fingerprint density at radius 2 is 1.74 bits per heavy atom. The summed E-state index contributed by atoms with van der Waals surface area (Å²) in [5, 5.41) is 2.91. The highest BCUT2D eigenvalue weighted by Gasteiger charge is 2.19. The number of hydrogen-bond donors (Lipinski definition) is 2. The van der Waals surface area contributed by atoms with Gasteiger partial charge >= 0.3 is 0 Å². The van der Waals surface area contributed by atoms with Gasteiger partial charge in [-0.3, -0.25) is 9.52 Å². The molecule has 0 radical (unpaired) electrons. The predicted octanol–water partition coefficient (Wildman–Crippen LogP) is 2.87. The number of piperazine rings is 1. The number of anilines is 2. The SMILES string of the molecule is Cc1ccc(NS(=O)(=O)c2cccc(C(=O)NCc3cccnc3N3CCN(C)CC3)c2)cc1. The Labute approximate surface area is 200 Å². The van der Waals surface area contributed by atoms with Gasteiger partial charge in [-0.15, -0.1) is 0 Å². The van der Waals surface area contributed by atoms with Crippen molar-refractivity contribution in [3.05, 3.63) is 83.6 Å². The molecule has 0 atom stereocenters. The highest BCUT2D eigenvalue weighted by atomic mass is 32.2. The molecule has 0 saturated carbocycles. The molecular formula is C25H29N5O3S. The molecule has 1 fully saturated rings. The fraction of sp³-hybridized carbons (Fsp3) is 0.280. The first-order valence-electron chi connectivity index (χ1n) is 11.2. The van der Waals surface area contributed by atoms with Crippen LogP contribution < -0.4 is 14.9 Å². The summed E-state index contributed by atoms with van der Waals surface area (Å²) in [6.07, 6.45) is 1.76. The van der Waals surface area contributed by atoms with Crippen molar-refractivity contribution in [2.45, 2.75) is 18.4 Å². The molecule has 34 heavy (non-hydrogen) atoms. The van der Waals surface area contributed by atoms with Crippen LogP contribution in [0.15, 0.2) is 71.8 Å². The van der Waals surface area contributed by atoms with Crippen LogP contribution in [-0.4, -0.2) is 57.4 Å². The van der Waals surface area contributed by atoms with Crippen molar-refractivity contribution < 1.29 is 13.2 Å². The summed E-state index contributed by atoms with van der Waals surface area (Å²) in [6, 6.07) is 16.9. The number of aromatic nitrogens is 1. The van der Waals surface area contributed by atoms with Crippen LogP contribution in [0.1, 0.15) is 21.5 Å². The van der Waals surface area contributed by atoms with Gasteiger partial charge in [0, 0.05) is 55.7 Å². The van der Waals surface area contributed by atoms with Crippen molar-refractivity contribution >= 4 is 27.4 Å². The molecule has 4 rings (SSSR count). The third kappa shape index (κ3) is 5.73. The maximum atomic E-state index is 12.9. The van der Waals surface area contributed by atoms with E-state index < -0.39 is 10.0 Å². The van der Waals surface area contributed by atoms with E-state index in [2.05, 4.69) is 31.9 Å². The number of aryl methyl sites for hydroxylation is 1. The average molecular weight is 480 g/mol. The topological polar surface area (TPSA) is 94.6 Å². The smallest absolute Gasteiger partial charge is 0.261 e. The Morgan fingerprint density at radius 3 is 2.47 bits per heavy atom. The third-order valence-corrected chi connectivity index (χ3v) is 7.20. The number of rotatable bonds is 7. The molecule has 1 aliphatic heterocycles. The van der Waals surface area contributed by atoms with Crippen LogP contribution in [0.4, 0.5) is 11.5 Å². The van der Waals surface area contributed by atoms with Gasteiger partial charge in [0.15, 0.2) is 0 Å². The summed E-state index contributed by atoms with van der Waals surface area (Å²) in [7, 11) is -1.73. The minimum Gasteiger partial charge on any atom is -0.354 e. The molecule has 3 aromatic rings. The lowest BCUT2D eigenvalue weighted by Crippen LogP contribution is -2.45. The summed E-state index contributed by atoms with van der Waals surface area (Å²) in [5.74, 6) is 0.523. The van der Waals surface area contributed by atoms with Crippen LogP contribution in [0, 0.1) is 6.92 Å². The first-order chi connectivity index (χ1) is 16.3. The zero-order valence-corrected chi connectivity index (χ0v) is 20.2. The fourth-order valence-electron chi connectivity index (χ4n) is 3.79. The molecule has 0 aliphatic carbocycles. The van der Waals surface area contributed by atoms with Crippen LogP contribution in [0.3, 0.4) is 0 Å². The van der Waals surface area contributed by atoms with E-state index in [1.165, 1.54) is 12.1 Å². The number of benzene rings is 2. The molecule has 9 heteroatoms. The maximum Gasteiger partial charge on any atom is 0.261 e. The molecule has 1 aliphatic rings. The molecule has 8 nitrogen and oxygen atoms in total. The summed E-state index contributed by atoms with van der Waals surface area (Å²) in [5.41, 5.74) is 2.70.